The molecule has 1 unspecified atom stereocenters. The Labute approximate surface area is 216 Å². The SMILES string of the molecule is C#Cc1ccc(-c2ccc3c(c2)c2cc(-c4ccc(C#C)s4)ccc2n3CC(CC)CCCC)s1. The molecule has 1 nitrogen and oxygen atoms in total. The summed E-state index contributed by atoms with van der Waals surface area (Å²) in [7, 11) is 0. The lowest BCUT2D eigenvalue weighted by atomic mass is 9.99. The van der Waals surface area contributed by atoms with Crippen LogP contribution in [0.1, 0.15) is 49.3 Å². The molecule has 174 valence electrons. The fourth-order valence-electron chi connectivity index (χ4n) is 4.92. The average Bonchev–Trinajstić information content (AvgIpc) is 3.64. The first-order valence-electron chi connectivity index (χ1n) is 12.3. The monoisotopic (exact) mass is 491 g/mol. The molecule has 2 aromatic carbocycles. The average molecular weight is 492 g/mol. The van der Waals surface area contributed by atoms with E-state index < -0.39 is 0 Å². The Kier molecular flexibility index (Phi) is 6.83. The molecule has 0 amide bonds. The van der Waals surface area contributed by atoms with Crippen LogP contribution < -0.4 is 0 Å². The number of unbranched alkanes of at least 4 members (excludes halogenated alkanes) is 1. The Morgan fingerprint density at radius 1 is 0.771 bits per heavy atom. The first kappa shape index (κ1) is 23.5. The molecule has 3 heterocycles. The third kappa shape index (κ3) is 4.55. The van der Waals surface area contributed by atoms with Crippen molar-refractivity contribution in [2.24, 2.45) is 5.92 Å². The van der Waals surface area contributed by atoms with Gasteiger partial charge in [0.25, 0.3) is 0 Å². The maximum absolute atomic E-state index is 5.63. The number of aromatic nitrogens is 1. The van der Waals surface area contributed by atoms with E-state index >= 15 is 0 Å². The highest BCUT2D eigenvalue weighted by atomic mass is 32.1. The fourth-order valence-corrected chi connectivity index (χ4v) is 6.55. The quantitative estimate of drug-likeness (QED) is 0.190. The van der Waals surface area contributed by atoms with Gasteiger partial charge in [0.2, 0.25) is 0 Å². The molecule has 3 aromatic heterocycles. The second kappa shape index (κ2) is 10.2. The Balaban J connectivity index is 1.68. The zero-order valence-corrected chi connectivity index (χ0v) is 21.9. The van der Waals surface area contributed by atoms with Crippen molar-refractivity contribution in [3.8, 4) is 45.6 Å². The minimum Gasteiger partial charge on any atom is -0.340 e. The molecule has 0 spiro atoms. The van der Waals surface area contributed by atoms with Crippen LogP contribution in [0.4, 0.5) is 0 Å². The predicted molar refractivity (Wildman–Crippen MR) is 155 cm³/mol. The Hall–Kier alpha value is -3.24. The second-order valence-electron chi connectivity index (χ2n) is 9.11. The summed E-state index contributed by atoms with van der Waals surface area (Å²) < 4.78 is 2.55. The molecule has 35 heavy (non-hydrogen) atoms. The molecule has 0 N–H and O–H groups in total. The van der Waals surface area contributed by atoms with E-state index in [-0.39, 0.29) is 0 Å². The van der Waals surface area contributed by atoms with E-state index in [0.717, 1.165) is 16.3 Å². The second-order valence-corrected chi connectivity index (χ2v) is 11.3. The highest BCUT2D eigenvalue weighted by molar-refractivity contribution is 7.16. The molecule has 0 aliphatic heterocycles. The largest absolute Gasteiger partial charge is 0.340 e. The number of rotatable bonds is 8. The van der Waals surface area contributed by atoms with Crippen LogP contribution in [0.15, 0.2) is 60.7 Å². The first-order valence-corrected chi connectivity index (χ1v) is 14.0. The van der Waals surface area contributed by atoms with Crippen LogP contribution in [0, 0.1) is 30.6 Å². The van der Waals surface area contributed by atoms with E-state index in [0.29, 0.717) is 5.92 Å². The Morgan fingerprint density at radius 3 is 1.74 bits per heavy atom. The lowest BCUT2D eigenvalue weighted by molar-refractivity contribution is 0.401. The van der Waals surface area contributed by atoms with Gasteiger partial charge in [-0.05, 0) is 72.0 Å². The van der Waals surface area contributed by atoms with Gasteiger partial charge in [-0.3, -0.25) is 0 Å². The van der Waals surface area contributed by atoms with Gasteiger partial charge in [-0.15, -0.1) is 35.5 Å². The summed E-state index contributed by atoms with van der Waals surface area (Å²) >= 11 is 3.35. The van der Waals surface area contributed by atoms with Crippen LogP contribution in [0.5, 0.6) is 0 Å². The van der Waals surface area contributed by atoms with E-state index in [9.17, 15) is 0 Å². The van der Waals surface area contributed by atoms with Gasteiger partial charge < -0.3 is 4.57 Å². The number of hydrogen-bond donors (Lipinski definition) is 0. The molecule has 0 aliphatic carbocycles. The number of hydrogen-bond acceptors (Lipinski definition) is 2. The smallest absolute Gasteiger partial charge is 0.0772 e. The van der Waals surface area contributed by atoms with Crippen LogP contribution in [0.25, 0.3) is 42.7 Å². The van der Waals surface area contributed by atoms with Crippen molar-refractivity contribution in [3.05, 3.63) is 70.4 Å². The molecule has 0 fully saturated rings. The summed E-state index contributed by atoms with van der Waals surface area (Å²) in [6.45, 7) is 5.66. The van der Waals surface area contributed by atoms with Gasteiger partial charge in [0.05, 0.1) is 9.75 Å². The standard InChI is InChI=1S/C32H29NS2/c1-5-9-10-22(6-2)21-33-29-15-11-23(31-17-13-25(7-3)34-31)19-27(29)28-20-24(12-16-30(28)33)32-18-14-26(8-4)35-32/h3-4,11-20,22H,5-6,9-10,21H2,1-2H3. The third-order valence-corrected chi connectivity index (χ3v) is 9.05. The van der Waals surface area contributed by atoms with Gasteiger partial charge in [-0.2, -0.15) is 0 Å². The first-order chi connectivity index (χ1) is 17.1. The van der Waals surface area contributed by atoms with Crippen molar-refractivity contribution >= 4 is 44.5 Å². The fraction of sp³-hybridized carbons (Fsp3) is 0.250. The molecule has 1 atom stereocenters. The van der Waals surface area contributed by atoms with Gasteiger partial charge >= 0.3 is 0 Å². The van der Waals surface area contributed by atoms with Gasteiger partial charge in [-0.25, -0.2) is 0 Å². The molecular formula is C32H29NS2. The molecule has 0 saturated carbocycles. The van der Waals surface area contributed by atoms with Crippen LogP contribution in [-0.2, 0) is 6.54 Å². The number of thiophene rings is 2. The highest BCUT2D eigenvalue weighted by Gasteiger charge is 2.17. The molecule has 5 aromatic rings. The van der Waals surface area contributed by atoms with Crippen molar-refractivity contribution in [2.45, 2.75) is 46.1 Å². The molecule has 0 radical (unpaired) electrons. The highest BCUT2D eigenvalue weighted by Crippen LogP contribution is 2.38. The van der Waals surface area contributed by atoms with Crippen LogP contribution in [-0.4, -0.2) is 4.57 Å². The van der Waals surface area contributed by atoms with E-state index in [1.165, 1.54) is 68.4 Å². The topological polar surface area (TPSA) is 4.93 Å². The van der Waals surface area contributed by atoms with Crippen molar-refractivity contribution < 1.29 is 0 Å². The maximum atomic E-state index is 5.63. The summed E-state index contributed by atoms with van der Waals surface area (Å²) in [6.07, 6.45) is 16.3. The van der Waals surface area contributed by atoms with Gasteiger partial charge in [0.1, 0.15) is 0 Å². The third-order valence-electron chi connectivity index (χ3n) is 6.91. The van der Waals surface area contributed by atoms with Crippen molar-refractivity contribution in [1.82, 2.24) is 4.57 Å². The predicted octanol–water partition coefficient (Wildman–Crippen LogP) is 9.43. The van der Waals surface area contributed by atoms with E-state index in [4.69, 9.17) is 12.8 Å². The lowest BCUT2D eigenvalue weighted by Gasteiger charge is -2.17. The van der Waals surface area contributed by atoms with Gasteiger partial charge in [-0.1, -0.05) is 57.1 Å². The van der Waals surface area contributed by atoms with Crippen molar-refractivity contribution in [1.29, 1.82) is 0 Å². The lowest BCUT2D eigenvalue weighted by Crippen LogP contribution is -2.10. The van der Waals surface area contributed by atoms with E-state index in [2.05, 4.69) is 78.8 Å². The summed E-state index contributed by atoms with van der Waals surface area (Å²) in [5.41, 5.74) is 5.05. The molecular weight excluding hydrogens is 462 g/mol. The number of fused-ring (bicyclic) bond motifs is 3. The van der Waals surface area contributed by atoms with Crippen LogP contribution in [0.3, 0.4) is 0 Å². The van der Waals surface area contributed by atoms with Crippen molar-refractivity contribution in [2.75, 3.05) is 0 Å². The summed E-state index contributed by atoms with van der Waals surface area (Å²) in [5.74, 6) is 6.21. The summed E-state index contributed by atoms with van der Waals surface area (Å²) in [4.78, 5) is 4.36. The number of benzene rings is 2. The summed E-state index contributed by atoms with van der Waals surface area (Å²) in [6, 6.07) is 22.1. The molecule has 0 aliphatic rings. The molecule has 3 heteroatoms. The van der Waals surface area contributed by atoms with E-state index in [1.807, 2.05) is 12.1 Å². The van der Waals surface area contributed by atoms with E-state index in [1.54, 1.807) is 22.7 Å². The normalized spacial score (nSPS) is 12.1. The minimum absolute atomic E-state index is 0.680. The molecule has 0 saturated heterocycles. The van der Waals surface area contributed by atoms with Gasteiger partial charge in [0.15, 0.2) is 0 Å². The van der Waals surface area contributed by atoms with Crippen LogP contribution in [0.2, 0.25) is 0 Å². The zero-order chi connectivity index (χ0) is 24.4. The van der Waals surface area contributed by atoms with Crippen molar-refractivity contribution in [3.63, 3.8) is 0 Å². The Bertz CT molecular complexity index is 1470. The minimum atomic E-state index is 0.680. The number of terminal acetylenes is 2. The molecule has 0 bridgehead atoms. The molecule has 5 rings (SSSR count). The Morgan fingerprint density at radius 2 is 1.31 bits per heavy atom. The van der Waals surface area contributed by atoms with Crippen LogP contribution >= 0.6 is 22.7 Å². The maximum Gasteiger partial charge on any atom is 0.0772 e. The number of nitrogens with zero attached hydrogens (tertiary/aromatic N) is 1. The summed E-state index contributed by atoms with van der Waals surface area (Å²) in [5, 5.41) is 2.60. The van der Waals surface area contributed by atoms with Gasteiger partial charge in [0, 0.05) is 38.1 Å². The zero-order valence-electron chi connectivity index (χ0n) is 20.3.